The van der Waals surface area contributed by atoms with Gasteiger partial charge in [-0.1, -0.05) is 12.2 Å². The first-order valence-corrected chi connectivity index (χ1v) is 15.3. The van der Waals surface area contributed by atoms with Crippen molar-refractivity contribution in [2.24, 2.45) is 0 Å². The Bertz CT molecular complexity index is 1770. The fourth-order valence-corrected chi connectivity index (χ4v) is 6.62. The summed E-state index contributed by atoms with van der Waals surface area (Å²) in [5.74, 6) is -0.157. The van der Waals surface area contributed by atoms with E-state index < -0.39 is 74.7 Å². The molecule has 0 bridgehead atoms. The topological polar surface area (TPSA) is 274 Å². The Labute approximate surface area is 244 Å². The maximum absolute atomic E-state index is 14.5. The fourth-order valence-electron chi connectivity index (χ4n) is 5.16. The van der Waals surface area contributed by atoms with Crippen LogP contribution >= 0.6 is 19.0 Å². The molecule has 8 atom stereocenters. The molecule has 2 aliphatic rings. The molecule has 19 nitrogen and oxygen atoms in total. The molecule has 43 heavy (non-hydrogen) atoms. The number of hydrogen-bond acceptors (Lipinski definition) is 16. The van der Waals surface area contributed by atoms with Gasteiger partial charge in [0.25, 0.3) is 5.56 Å². The highest BCUT2D eigenvalue weighted by Gasteiger charge is 2.51. The van der Waals surface area contributed by atoms with Gasteiger partial charge in [-0.25, -0.2) is 28.9 Å². The van der Waals surface area contributed by atoms with Gasteiger partial charge in [-0.05, 0) is 0 Å². The zero-order valence-electron chi connectivity index (χ0n) is 21.9. The normalized spacial score (nSPS) is 30.8. The molecule has 0 spiro atoms. The van der Waals surface area contributed by atoms with Crippen molar-refractivity contribution < 1.29 is 42.8 Å². The summed E-state index contributed by atoms with van der Waals surface area (Å²) in [6.07, 6.45) is -4.70. The first-order valence-electron chi connectivity index (χ1n) is 12.6. The van der Waals surface area contributed by atoms with Crippen molar-refractivity contribution >= 4 is 53.1 Å². The number of aliphatic hydroxyl groups is 3. The first-order chi connectivity index (χ1) is 20.5. The summed E-state index contributed by atoms with van der Waals surface area (Å²) in [4.78, 5) is 34.6. The highest BCUT2D eigenvalue weighted by molar-refractivity contribution is 8.44. The Hall–Kier alpha value is -3.27. The summed E-state index contributed by atoms with van der Waals surface area (Å²) in [5.41, 5.74) is 9.34. The second kappa shape index (κ2) is 11.0. The zero-order valence-corrected chi connectivity index (χ0v) is 23.7. The molecule has 4 aromatic heterocycles. The minimum absolute atomic E-state index is 0.0374. The molecule has 4 aromatic rings. The van der Waals surface area contributed by atoms with Gasteiger partial charge in [0.1, 0.15) is 42.9 Å². The number of rotatable bonds is 9. The van der Waals surface area contributed by atoms with E-state index in [1.165, 1.54) is 28.1 Å². The number of fused-ring (bicyclic) bond motifs is 2. The molecule has 0 saturated carbocycles. The van der Waals surface area contributed by atoms with E-state index in [2.05, 4.69) is 42.2 Å². The number of ether oxygens (including phenoxy) is 2. The van der Waals surface area contributed by atoms with Crippen molar-refractivity contribution in [3.63, 3.8) is 0 Å². The second-order valence-electron chi connectivity index (χ2n) is 9.90. The van der Waals surface area contributed by atoms with E-state index in [0.29, 0.717) is 0 Å². The highest BCUT2D eigenvalue weighted by atomic mass is 32.7. The van der Waals surface area contributed by atoms with Crippen molar-refractivity contribution in [1.82, 2.24) is 39.0 Å². The summed E-state index contributed by atoms with van der Waals surface area (Å²) in [7, 11) is 0. The zero-order chi connectivity index (χ0) is 30.7. The van der Waals surface area contributed by atoms with Crippen LogP contribution in [0.2, 0.25) is 0 Å². The molecule has 0 radical (unpaired) electrons. The van der Waals surface area contributed by atoms with Crippen LogP contribution in [-0.4, -0.2) is 105 Å². The third kappa shape index (κ3) is 5.15. The number of alkyl halides is 1. The van der Waals surface area contributed by atoms with Gasteiger partial charge in [0.15, 0.2) is 34.6 Å². The van der Waals surface area contributed by atoms with Crippen LogP contribution in [0.25, 0.3) is 22.3 Å². The number of halogens is 1. The Morgan fingerprint density at radius 2 is 1.95 bits per heavy atom. The average Bonchev–Trinajstić information content (AvgIpc) is 3.73. The molecule has 0 aliphatic carbocycles. The minimum Gasteiger partial charge on any atom is -0.394 e. The molecule has 6 rings (SSSR count). The van der Waals surface area contributed by atoms with E-state index in [0.717, 1.165) is 0 Å². The van der Waals surface area contributed by atoms with E-state index in [-0.39, 0.29) is 40.5 Å². The Kier molecular flexibility index (Phi) is 7.63. The molecular weight excluding hydrogens is 618 g/mol. The average molecular weight is 645 g/mol. The number of hydrogen-bond donors (Lipinski definition) is 7. The molecule has 232 valence electrons. The largest absolute Gasteiger partial charge is 0.394 e. The first kappa shape index (κ1) is 29.8. The van der Waals surface area contributed by atoms with Gasteiger partial charge in [-0.15, -0.1) is 0 Å². The number of aromatic amines is 1. The number of nitrogens with one attached hydrogen (secondary N) is 1. The van der Waals surface area contributed by atoms with Crippen molar-refractivity contribution in [1.29, 1.82) is 0 Å². The summed E-state index contributed by atoms with van der Waals surface area (Å²) >= 11 is 4.00. The van der Waals surface area contributed by atoms with Gasteiger partial charge in [-0.2, -0.15) is 4.98 Å². The van der Waals surface area contributed by atoms with E-state index in [1.807, 2.05) is 0 Å². The Morgan fingerprint density at radius 3 is 2.70 bits per heavy atom. The van der Waals surface area contributed by atoms with Crippen molar-refractivity contribution in [3.8, 4) is 0 Å². The van der Waals surface area contributed by atoms with Crippen molar-refractivity contribution in [3.05, 3.63) is 29.3 Å². The van der Waals surface area contributed by atoms with Crippen LogP contribution < -0.4 is 17.0 Å². The number of nitrogen functional groups attached to an aromatic ring is 2. The number of aliphatic hydroxyl groups excluding tert-OH is 3. The third-order valence-corrected chi connectivity index (χ3v) is 8.83. The van der Waals surface area contributed by atoms with Crippen LogP contribution in [0.15, 0.2) is 23.8 Å². The van der Waals surface area contributed by atoms with Crippen LogP contribution in [0, 0.1) is 0 Å². The number of anilines is 2. The molecule has 6 heterocycles. The third-order valence-electron chi connectivity index (χ3n) is 7.21. The van der Waals surface area contributed by atoms with Gasteiger partial charge in [0.05, 0.1) is 32.0 Å². The lowest BCUT2D eigenvalue weighted by atomic mass is 10.1. The predicted octanol–water partition coefficient (Wildman–Crippen LogP) is -1.41. The smallest absolute Gasteiger partial charge is 0.386 e. The SMILES string of the molecule is Nc1nc2c(ncn2[C@@H]2O[C@H](CO)C(O)C2OP(=O)(S)OC[C@H]2O[C@](CF)(n3cnc4c(N)ncnc43)CC2O)c(=O)[nH]1. The molecule has 0 amide bonds. The lowest BCUT2D eigenvalue weighted by Gasteiger charge is -2.28. The lowest BCUT2D eigenvalue weighted by Crippen LogP contribution is -2.36. The van der Waals surface area contributed by atoms with Crippen LogP contribution in [0.1, 0.15) is 12.6 Å². The van der Waals surface area contributed by atoms with Crippen LogP contribution in [0.5, 0.6) is 0 Å². The summed E-state index contributed by atoms with van der Waals surface area (Å²) in [5, 5.41) is 31.2. The molecule has 4 unspecified atom stereocenters. The molecule has 2 fully saturated rings. The number of aromatic nitrogens is 8. The number of imidazole rings is 2. The lowest BCUT2D eigenvalue weighted by molar-refractivity contribution is -0.124. The highest BCUT2D eigenvalue weighted by Crippen LogP contribution is 2.57. The maximum atomic E-state index is 14.5. The van der Waals surface area contributed by atoms with E-state index >= 15 is 0 Å². The van der Waals surface area contributed by atoms with Gasteiger partial charge in [-0.3, -0.25) is 28.0 Å². The van der Waals surface area contributed by atoms with Gasteiger partial charge in [0.2, 0.25) is 5.95 Å². The van der Waals surface area contributed by atoms with Gasteiger partial charge in [0, 0.05) is 6.42 Å². The molecule has 0 aromatic carbocycles. The van der Waals surface area contributed by atoms with E-state index in [4.69, 9.17) is 30.0 Å². The molecular formula is C21H26FN10O9PS. The van der Waals surface area contributed by atoms with Crippen molar-refractivity contribution in [2.75, 3.05) is 31.4 Å². The minimum atomic E-state index is -4.38. The second-order valence-corrected chi connectivity index (χ2v) is 12.8. The number of H-pyrrole nitrogens is 1. The van der Waals surface area contributed by atoms with E-state index in [9.17, 15) is 29.1 Å². The summed E-state index contributed by atoms with van der Waals surface area (Å²) < 4.78 is 52.9. The Balaban J connectivity index is 1.20. The monoisotopic (exact) mass is 644 g/mol. The van der Waals surface area contributed by atoms with E-state index in [1.54, 1.807) is 0 Å². The van der Waals surface area contributed by atoms with Gasteiger partial charge < -0.3 is 36.3 Å². The number of nitrogens with two attached hydrogens (primary N) is 2. The van der Waals surface area contributed by atoms with Crippen LogP contribution in [-0.2, 0) is 28.8 Å². The molecule has 2 aliphatic heterocycles. The fraction of sp³-hybridized carbons (Fsp3) is 0.524. The molecule has 2 saturated heterocycles. The van der Waals surface area contributed by atoms with Crippen molar-refractivity contribution in [2.45, 2.75) is 48.9 Å². The van der Waals surface area contributed by atoms with Crippen LogP contribution in [0.3, 0.4) is 0 Å². The molecule has 8 N–H and O–H groups in total. The summed E-state index contributed by atoms with van der Waals surface area (Å²) in [6.45, 7) is -6.71. The summed E-state index contributed by atoms with van der Waals surface area (Å²) in [6, 6.07) is 0. The van der Waals surface area contributed by atoms with Crippen LogP contribution in [0.4, 0.5) is 16.2 Å². The van der Waals surface area contributed by atoms with Gasteiger partial charge >= 0.3 is 6.80 Å². The number of nitrogens with zero attached hydrogens (tertiary/aromatic N) is 7. The number of thiol groups is 1. The standard InChI is InChI=1S/C21H26FN10O9PS/c22-4-21(32-7-28-11-15(23)25-5-26-16(11)32)1-8(34)10(40-21)3-38-42(37,43)41-14-13(35)9(2-33)39-19(14)31-6-27-12-17(31)29-20(24)30-18(12)36/h5-10,13-14,19,33-35H,1-4H2,(H,37,43)(H2,23,25,26)(H3,24,29,30,36)/t8?,9-,10-,13?,14?,19-,21-,42?/m1/s1. The quantitative estimate of drug-likeness (QED) is 0.0814. The molecule has 22 heteroatoms. The maximum Gasteiger partial charge on any atom is 0.386 e. The predicted molar refractivity (Wildman–Crippen MR) is 146 cm³/mol. The Morgan fingerprint density at radius 1 is 1.19 bits per heavy atom.